The number of hydrogen-bond acceptors (Lipinski definition) is 4. The largest absolute Gasteiger partial charge is 0.491 e. The van der Waals surface area contributed by atoms with Crippen LogP contribution in [0.15, 0.2) is 46.9 Å². The van der Waals surface area contributed by atoms with Crippen LogP contribution in [0.4, 0.5) is 0 Å². The molecule has 1 unspecified atom stereocenters. The van der Waals surface area contributed by atoms with Gasteiger partial charge in [-0.15, -0.1) is 10.3 Å². The van der Waals surface area contributed by atoms with Crippen LogP contribution in [-0.2, 0) is 10.7 Å². The third kappa shape index (κ3) is 4.69. The van der Waals surface area contributed by atoms with Crippen molar-refractivity contribution in [3.8, 4) is 11.8 Å². The molecule has 0 saturated carbocycles. The van der Waals surface area contributed by atoms with E-state index in [4.69, 9.17) is 8.92 Å². The minimum absolute atomic E-state index is 0.120. The maximum Gasteiger partial charge on any atom is 0.259 e. The zero-order valence-electron chi connectivity index (χ0n) is 16.1. The Morgan fingerprint density at radius 3 is 2.61 bits per heavy atom. The minimum Gasteiger partial charge on any atom is -0.491 e. The molecule has 1 heterocycles. The van der Waals surface area contributed by atoms with Gasteiger partial charge in [-0.25, -0.2) is 0 Å². The number of hydrogen-bond donors (Lipinski definition) is 0. The van der Waals surface area contributed by atoms with Crippen LogP contribution in [0.3, 0.4) is 0 Å². The molecular weight excluding hydrogens is 440 g/mol. The summed E-state index contributed by atoms with van der Waals surface area (Å²) in [5, 5.41) is 9.63. The second kappa shape index (κ2) is 8.56. The summed E-state index contributed by atoms with van der Waals surface area (Å²) < 4.78 is 12.3. The molecule has 2 aromatic rings. The first kappa shape index (κ1) is 20.7. The van der Waals surface area contributed by atoms with E-state index < -0.39 is 16.4 Å². The quantitative estimate of drug-likeness (QED) is 0.647. The number of amides is 1. The van der Waals surface area contributed by atoms with E-state index >= 15 is 0 Å². The Bertz CT molecular complexity index is 906. The Hall–Kier alpha value is -2.01. The van der Waals surface area contributed by atoms with E-state index in [1.165, 1.54) is 0 Å². The molecule has 1 atom stereocenters. The van der Waals surface area contributed by atoms with E-state index in [9.17, 15) is 10.1 Å². The molecule has 1 amide bonds. The second-order valence-corrected chi connectivity index (χ2v) is 11.7. The molecule has 0 spiro atoms. The van der Waals surface area contributed by atoms with E-state index in [0.717, 1.165) is 5.56 Å². The van der Waals surface area contributed by atoms with Gasteiger partial charge < -0.3 is 13.8 Å². The van der Waals surface area contributed by atoms with Gasteiger partial charge in [0, 0.05) is 16.6 Å². The number of halogens is 1. The van der Waals surface area contributed by atoms with Crippen molar-refractivity contribution in [2.75, 3.05) is 31.9 Å². The van der Waals surface area contributed by atoms with Crippen LogP contribution in [0.25, 0.3) is 0 Å². The standard InChI is InChI=1S/C21H23BrN2O3S/c1-28(2,3)27-18(13-23)16-9-10-17-19(20(16)22)21(25)24(11-12-26-17)14-15-7-5-4-6-8-15/h4-10,18H,11-12,14H2,1-3H3. The zero-order valence-corrected chi connectivity index (χ0v) is 18.5. The maximum absolute atomic E-state index is 13.3. The monoisotopic (exact) mass is 462 g/mol. The summed E-state index contributed by atoms with van der Waals surface area (Å²) in [6, 6.07) is 15.6. The van der Waals surface area contributed by atoms with Gasteiger partial charge in [-0.3, -0.25) is 4.79 Å². The normalized spacial score (nSPS) is 15.8. The van der Waals surface area contributed by atoms with E-state index in [0.29, 0.717) is 41.0 Å². The maximum atomic E-state index is 13.3. The van der Waals surface area contributed by atoms with Crippen LogP contribution in [-0.4, -0.2) is 42.7 Å². The van der Waals surface area contributed by atoms with Gasteiger partial charge >= 0.3 is 0 Å². The van der Waals surface area contributed by atoms with Crippen LogP contribution in [0.2, 0.25) is 0 Å². The number of fused-ring (bicyclic) bond motifs is 1. The number of carbonyl (C=O) groups is 1. The highest BCUT2D eigenvalue weighted by atomic mass is 79.9. The van der Waals surface area contributed by atoms with Crippen LogP contribution in [0, 0.1) is 11.3 Å². The molecule has 0 bridgehead atoms. The van der Waals surface area contributed by atoms with Crippen molar-refractivity contribution in [3.63, 3.8) is 0 Å². The molecule has 0 fully saturated rings. The lowest BCUT2D eigenvalue weighted by molar-refractivity contribution is 0.0742. The Morgan fingerprint density at radius 1 is 1.25 bits per heavy atom. The Morgan fingerprint density at radius 2 is 1.96 bits per heavy atom. The van der Waals surface area contributed by atoms with Gasteiger partial charge in [0.2, 0.25) is 0 Å². The topological polar surface area (TPSA) is 62.6 Å². The van der Waals surface area contributed by atoms with Crippen molar-refractivity contribution in [1.29, 1.82) is 5.26 Å². The first-order valence-corrected chi connectivity index (χ1v) is 12.4. The molecule has 7 heteroatoms. The molecule has 0 N–H and O–H groups in total. The lowest BCUT2D eigenvalue weighted by Crippen LogP contribution is -2.32. The summed E-state index contributed by atoms with van der Waals surface area (Å²) >= 11 is 3.55. The number of nitriles is 1. The van der Waals surface area contributed by atoms with Crippen molar-refractivity contribution in [2.24, 2.45) is 0 Å². The molecule has 0 saturated heterocycles. The Balaban J connectivity index is 1.97. The smallest absolute Gasteiger partial charge is 0.259 e. The summed E-state index contributed by atoms with van der Waals surface area (Å²) in [5.74, 6) is 0.404. The minimum atomic E-state index is -1.36. The highest BCUT2D eigenvalue weighted by Crippen LogP contribution is 2.45. The van der Waals surface area contributed by atoms with Gasteiger partial charge in [-0.05, 0) is 46.3 Å². The van der Waals surface area contributed by atoms with Crippen LogP contribution < -0.4 is 4.74 Å². The fraction of sp³-hybridized carbons (Fsp3) is 0.333. The van der Waals surface area contributed by atoms with Gasteiger partial charge in [0.15, 0.2) is 6.10 Å². The summed E-state index contributed by atoms with van der Waals surface area (Å²) in [5.41, 5.74) is 2.14. The molecule has 0 aromatic heterocycles. The predicted molar refractivity (Wildman–Crippen MR) is 116 cm³/mol. The molecule has 28 heavy (non-hydrogen) atoms. The number of carbonyl (C=O) groups excluding carboxylic acids is 1. The van der Waals surface area contributed by atoms with Crippen LogP contribution in [0.5, 0.6) is 5.75 Å². The van der Waals surface area contributed by atoms with E-state index in [1.807, 2.05) is 49.1 Å². The van der Waals surface area contributed by atoms with Crippen LogP contribution >= 0.6 is 26.2 Å². The van der Waals surface area contributed by atoms with E-state index in [-0.39, 0.29) is 5.91 Å². The van der Waals surface area contributed by atoms with Gasteiger partial charge in [0.1, 0.15) is 18.4 Å². The van der Waals surface area contributed by atoms with E-state index in [1.54, 1.807) is 17.0 Å². The molecule has 0 aliphatic carbocycles. The van der Waals surface area contributed by atoms with Gasteiger partial charge in [0.25, 0.3) is 5.91 Å². The highest BCUT2D eigenvalue weighted by Gasteiger charge is 2.30. The molecule has 0 radical (unpaired) electrons. The molecule has 2 aromatic carbocycles. The fourth-order valence-electron chi connectivity index (χ4n) is 3.01. The highest BCUT2D eigenvalue weighted by molar-refractivity contribution is 9.10. The lowest BCUT2D eigenvalue weighted by Gasteiger charge is -2.29. The van der Waals surface area contributed by atoms with Crippen molar-refractivity contribution in [1.82, 2.24) is 4.90 Å². The summed E-state index contributed by atoms with van der Waals surface area (Å²) in [7, 11) is -1.36. The molecule has 3 rings (SSSR count). The zero-order chi connectivity index (χ0) is 20.3. The summed E-state index contributed by atoms with van der Waals surface area (Å²) in [6.07, 6.45) is 5.17. The first-order chi connectivity index (χ1) is 13.3. The van der Waals surface area contributed by atoms with E-state index in [2.05, 4.69) is 22.0 Å². The van der Waals surface area contributed by atoms with Crippen molar-refractivity contribution in [2.45, 2.75) is 12.6 Å². The average molecular weight is 463 g/mol. The number of rotatable bonds is 5. The van der Waals surface area contributed by atoms with Gasteiger partial charge in [-0.1, -0.05) is 36.4 Å². The summed E-state index contributed by atoms with van der Waals surface area (Å²) in [4.78, 5) is 15.1. The number of nitrogens with zero attached hydrogens (tertiary/aromatic N) is 2. The Kier molecular flexibility index (Phi) is 6.33. The molecular formula is C21H23BrN2O3S. The second-order valence-electron chi connectivity index (χ2n) is 7.23. The third-order valence-corrected chi connectivity index (χ3v) is 5.88. The summed E-state index contributed by atoms with van der Waals surface area (Å²) in [6.45, 7) is 1.42. The van der Waals surface area contributed by atoms with Crippen molar-refractivity contribution >= 4 is 32.1 Å². The van der Waals surface area contributed by atoms with Crippen molar-refractivity contribution in [3.05, 3.63) is 63.6 Å². The van der Waals surface area contributed by atoms with Gasteiger partial charge in [0.05, 0.1) is 12.1 Å². The average Bonchev–Trinajstić information content (AvgIpc) is 2.80. The number of ether oxygens (including phenoxy) is 1. The van der Waals surface area contributed by atoms with Gasteiger partial charge in [-0.2, -0.15) is 5.26 Å². The molecule has 5 nitrogen and oxygen atoms in total. The van der Waals surface area contributed by atoms with Crippen LogP contribution in [0.1, 0.15) is 27.6 Å². The first-order valence-electron chi connectivity index (χ1n) is 8.84. The SMILES string of the molecule is CS(C)(C)OC(C#N)c1ccc2c(c1Br)C(=O)N(Cc1ccccc1)CCO2. The Labute approximate surface area is 175 Å². The molecule has 148 valence electrons. The molecule has 1 aliphatic heterocycles. The number of benzene rings is 2. The lowest BCUT2D eigenvalue weighted by atomic mass is 10.0. The van der Waals surface area contributed by atoms with Crippen molar-refractivity contribution < 1.29 is 13.7 Å². The predicted octanol–water partition coefficient (Wildman–Crippen LogP) is 4.67. The third-order valence-electron chi connectivity index (χ3n) is 4.25. The fourth-order valence-corrected chi connectivity index (χ4v) is 4.44. The molecule has 1 aliphatic rings.